The molecule has 16 heavy (non-hydrogen) atoms. The fourth-order valence-electron chi connectivity index (χ4n) is 2.47. The third-order valence-electron chi connectivity index (χ3n) is 3.25. The van der Waals surface area contributed by atoms with E-state index in [4.69, 9.17) is 4.74 Å². The van der Waals surface area contributed by atoms with Crippen LogP contribution in [0.25, 0.3) is 0 Å². The number of ether oxygens (including phenoxy) is 1. The van der Waals surface area contributed by atoms with Crippen molar-refractivity contribution in [1.82, 2.24) is 4.90 Å². The van der Waals surface area contributed by atoms with Gasteiger partial charge in [0.25, 0.3) is 0 Å². The Bertz CT molecular complexity index is 218. The second-order valence-electron chi connectivity index (χ2n) is 4.80. The Hall–Kier alpha value is -0.570. The van der Waals surface area contributed by atoms with E-state index in [1.165, 1.54) is 12.8 Å². The minimum Gasteiger partial charge on any atom is -0.465 e. The van der Waals surface area contributed by atoms with Crippen LogP contribution in [-0.2, 0) is 9.53 Å². The van der Waals surface area contributed by atoms with Crippen LogP contribution in [-0.4, -0.2) is 36.6 Å². The number of esters is 1. The van der Waals surface area contributed by atoms with Gasteiger partial charge in [-0.3, -0.25) is 9.69 Å². The molecule has 0 saturated carbocycles. The van der Waals surface area contributed by atoms with Crippen molar-refractivity contribution in [2.24, 2.45) is 5.92 Å². The highest BCUT2D eigenvalue weighted by molar-refractivity contribution is 5.75. The number of hydrogen-bond donors (Lipinski definition) is 0. The molecule has 3 heteroatoms. The third-order valence-corrected chi connectivity index (χ3v) is 3.25. The summed E-state index contributed by atoms with van der Waals surface area (Å²) >= 11 is 0. The van der Waals surface area contributed by atoms with E-state index in [0.29, 0.717) is 12.5 Å². The van der Waals surface area contributed by atoms with E-state index >= 15 is 0 Å². The Kier molecular flexibility index (Phi) is 5.81. The van der Waals surface area contributed by atoms with E-state index in [1.54, 1.807) is 0 Å². The molecule has 1 aliphatic heterocycles. The molecule has 1 heterocycles. The van der Waals surface area contributed by atoms with Crippen molar-refractivity contribution in [2.45, 2.75) is 52.5 Å². The molecule has 0 radical (unpaired) electrons. The molecule has 1 fully saturated rings. The van der Waals surface area contributed by atoms with Crippen molar-refractivity contribution >= 4 is 5.97 Å². The summed E-state index contributed by atoms with van der Waals surface area (Å²) in [7, 11) is 0. The summed E-state index contributed by atoms with van der Waals surface area (Å²) < 4.78 is 5.16. The van der Waals surface area contributed by atoms with Crippen LogP contribution in [0.15, 0.2) is 0 Å². The molecule has 0 aromatic heterocycles. The van der Waals surface area contributed by atoms with Crippen molar-refractivity contribution in [1.29, 1.82) is 0 Å². The van der Waals surface area contributed by atoms with Gasteiger partial charge in [0.2, 0.25) is 0 Å². The average Bonchev–Trinajstić information content (AvgIpc) is 2.26. The van der Waals surface area contributed by atoms with E-state index in [0.717, 1.165) is 25.9 Å². The summed E-state index contributed by atoms with van der Waals surface area (Å²) in [5.74, 6) is 0.681. The Morgan fingerprint density at radius 2 is 2.25 bits per heavy atom. The van der Waals surface area contributed by atoms with Gasteiger partial charge in [-0.2, -0.15) is 0 Å². The minimum absolute atomic E-state index is 0.00676. The first-order valence-corrected chi connectivity index (χ1v) is 6.59. The molecule has 0 aromatic carbocycles. The maximum absolute atomic E-state index is 11.9. The van der Waals surface area contributed by atoms with Crippen LogP contribution in [0.4, 0.5) is 0 Å². The smallest absolute Gasteiger partial charge is 0.323 e. The molecule has 1 aliphatic rings. The number of carbonyl (C=O) groups is 1. The third kappa shape index (κ3) is 3.78. The average molecular weight is 227 g/mol. The molecular formula is C13H25NO2. The predicted molar refractivity (Wildman–Crippen MR) is 65.3 cm³/mol. The van der Waals surface area contributed by atoms with Crippen molar-refractivity contribution in [3.63, 3.8) is 0 Å². The van der Waals surface area contributed by atoms with Crippen LogP contribution in [0, 0.1) is 5.92 Å². The zero-order chi connectivity index (χ0) is 12.0. The van der Waals surface area contributed by atoms with E-state index in [2.05, 4.69) is 18.7 Å². The highest BCUT2D eigenvalue weighted by Crippen LogP contribution is 2.20. The molecule has 1 saturated heterocycles. The van der Waals surface area contributed by atoms with Crippen LogP contribution < -0.4 is 0 Å². The Morgan fingerprint density at radius 1 is 1.50 bits per heavy atom. The summed E-state index contributed by atoms with van der Waals surface area (Å²) in [6, 6.07) is -0.00676. The van der Waals surface area contributed by atoms with Crippen LogP contribution in [0.3, 0.4) is 0 Å². The summed E-state index contributed by atoms with van der Waals surface area (Å²) in [5.41, 5.74) is 0. The van der Waals surface area contributed by atoms with Gasteiger partial charge in [0, 0.05) is 6.54 Å². The Labute approximate surface area is 99.1 Å². The summed E-state index contributed by atoms with van der Waals surface area (Å²) in [6.07, 6.45) is 4.46. The molecule has 2 unspecified atom stereocenters. The van der Waals surface area contributed by atoms with Gasteiger partial charge >= 0.3 is 5.97 Å². The molecule has 1 rings (SSSR count). The standard InChI is InChI=1S/C13H25NO2/c1-4-7-12(13(15)16-5-2)14-9-6-8-11(3)10-14/h11-12H,4-10H2,1-3H3. The summed E-state index contributed by atoms with van der Waals surface area (Å²) in [6.45, 7) is 8.85. The van der Waals surface area contributed by atoms with Crippen molar-refractivity contribution < 1.29 is 9.53 Å². The first kappa shape index (κ1) is 13.5. The SMILES string of the molecule is CCCC(C(=O)OCC)N1CCCC(C)C1. The van der Waals surface area contributed by atoms with E-state index in [-0.39, 0.29) is 12.0 Å². The van der Waals surface area contributed by atoms with E-state index in [9.17, 15) is 4.79 Å². The maximum Gasteiger partial charge on any atom is 0.323 e. The first-order valence-electron chi connectivity index (χ1n) is 6.59. The van der Waals surface area contributed by atoms with Crippen LogP contribution in [0.1, 0.15) is 46.5 Å². The van der Waals surface area contributed by atoms with Crippen LogP contribution in [0.5, 0.6) is 0 Å². The van der Waals surface area contributed by atoms with Gasteiger partial charge < -0.3 is 4.74 Å². The first-order chi connectivity index (χ1) is 7.69. The lowest BCUT2D eigenvalue weighted by Crippen LogP contribution is -2.46. The Balaban J connectivity index is 2.56. The fourth-order valence-corrected chi connectivity index (χ4v) is 2.47. The highest BCUT2D eigenvalue weighted by Gasteiger charge is 2.29. The quantitative estimate of drug-likeness (QED) is 0.676. The van der Waals surface area contributed by atoms with Crippen LogP contribution in [0.2, 0.25) is 0 Å². The lowest BCUT2D eigenvalue weighted by Gasteiger charge is -2.35. The van der Waals surface area contributed by atoms with Crippen molar-refractivity contribution in [2.75, 3.05) is 19.7 Å². The lowest BCUT2D eigenvalue weighted by atomic mass is 9.97. The molecule has 2 atom stereocenters. The highest BCUT2D eigenvalue weighted by atomic mass is 16.5. The van der Waals surface area contributed by atoms with Crippen molar-refractivity contribution in [3.8, 4) is 0 Å². The number of hydrogen-bond acceptors (Lipinski definition) is 3. The second-order valence-corrected chi connectivity index (χ2v) is 4.80. The molecule has 0 spiro atoms. The van der Waals surface area contributed by atoms with Gasteiger partial charge in [-0.1, -0.05) is 20.3 Å². The largest absolute Gasteiger partial charge is 0.465 e. The fraction of sp³-hybridized carbons (Fsp3) is 0.923. The molecule has 0 aliphatic carbocycles. The summed E-state index contributed by atoms with van der Waals surface area (Å²) in [4.78, 5) is 14.2. The number of nitrogens with zero attached hydrogens (tertiary/aromatic N) is 1. The van der Waals surface area contributed by atoms with Gasteiger partial charge in [0.1, 0.15) is 6.04 Å². The van der Waals surface area contributed by atoms with Crippen molar-refractivity contribution in [3.05, 3.63) is 0 Å². The molecule has 0 bridgehead atoms. The number of rotatable bonds is 5. The molecule has 0 N–H and O–H groups in total. The van der Waals surface area contributed by atoms with Gasteiger partial charge in [-0.25, -0.2) is 0 Å². The van der Waals surface area contributed by atoms with E-state index < -0.39 is 0 Å². The van der Waals surface area contributed by atoms with Gasteiger partial charge in [0.15, 0.2) is 0 Å². The Morgan fingerprint density at radius 3 is 2.81 bits per heavy atom. The molecule has 0 aromatic rings. The van der Waals surface area contributed by atoms with Gasteiger partial charge in [-0.05, 0) is 38.6 Å². The molecule has 94 valence electrons. The van der Waals surface area contributed by atoms with Gasteiger partial charge in [-0.15, -0.1) is 0 Å². The number of piperidine rings is 1. The molecule has 3 nitrogen and oxygen atoms in total. The monoisotopic (exact) mass is 227 g/mol. The number of likely N-dealkylation sites (tertiary alicyclic amines) is 1. The van der Waals surface area contributed by atoms with Gasteiger partial charge in [0.05, 0.1) is 6.61 Å². The normalized spacial score (nSPS) is 24.1. The molecular weight excluding hydrogens is 202 g/mol. The summed E-state index contributed by atoms with van der Waals surface area (Å²) in [5, 5.41) is 0. The zero-order valence-corrected chi connectivity index (χ0v) is 10.9. The minimum atomic E-state index is -0.0292. The van der Waals surface area contributed by atoms with E-state index in [1.807, 2.05) is 6.92 Å². The van der Waals surface area contributed by atoms with Crippen LogP contribution >= 0.6 is 0 Å². The second kappa shape index (κ2) is 6.89. The number of carbonyl (C=O) groups excluding carboxylic acids is 1. The maximum atomic E-state index is 11.9. The molecule has 0 amide bonds. The zero-order valence-electron chi connectivity index (χ0n) is 10.9. The lowest BCUT2D eigenvalue weighted by molar-refractivity contribution is -0.150. The predicted octanol–water partition coefficient (Wildman–Crippen LogP) is 2.45. The topological polar surface area (TPSA) is 29.5 Å².